The van der Waals surface area contributed by atoms with E-state index < -0.39 is 18.1 Å². The van der Waals surface area contributed by atoms with Crippen molar-refractivity contribution in [3.8, 4) is 11.1 Å². The van der Waals surface area contributed by atoms with Gasteiger partial charge in [0.25, 0.3) is 0 Å². The van der Waals surface area contributed by atoms with Gasteiger partial charge in [-0.2, -0.15) is 0 Å². The Balaban J connectivity index is 1.63. The molecule has 34 heavy (non-hydrogen) atoms. The second-order valence-corrected chi connectivity index (χ2v) is 8.83. The first-order valence-corrected chi connectivity index (χ1v) is 12.0. The smallest absolute Gasteiger partial charge is 0.407 e. The highest BCUT2D eigenvalue weighted by molar-refractivity contribution is 5.82. The topological polar surface area (TPSA) is 95.9 Å². The van der Waals surface area contributed by atoms with Crippen molar-refractivity contribution in [1.82, 2.24) is 10.2 Å². The van der Waals surface area contributed by atoms with Crippen LogP contribution in [-0.2, 0) is 14.3 Å². The highest BCUT2D eigenvalue weighted by Gasteiger charge is 2.30. The van der Waals surface area contributed by atoms with E-state index in [1.165, 1.54) is 4.90 Å². The normalized spacial score (nSPS) is 14.0. The summed E-state index contributed by atoms with van der Waals surface area (Å²) in [5.41, 5.74) is 4.58. The van der Waals surface area contributed by atoms with Crippen LogP contribution in [0, 0.1) is 0 Å². The third-order valence-corrected chi connectivity index (χ3v) is 6.47. The molecule has 0 bridgehead atoms. The van der Waals surface area contributed by atoms with Gasteiger partial charge in [-0.15, -0.1) is 0 Å². The van der Waals surface area contributed by atoms with Crippen molar-refractivity contribution in [2.45, 2.75) is 64.5 Å². The molecular weight excluding hydrogens is 432 g/mol. The van der Waals surface area contributed by atoms with Gasteiger partial charge in [-0.1, -0.05) is 68.8 Å². The third-order valence-electron chi connectivity index (χ3n) is 6.47. The number of fused-ring (bicyclic) bond motifs is 3. The van der Waals surface area contributed by atoms with Gasteiger partial charge in [-0.05, 0) is 42.0 Å². The molecule has 2 aromatic carbocycles. The Kier molecular flexibility index (Phi) is 8.68. The van der Waals surface area contributed by atoms with Gasteiger partial charge in [0.2, 0.25) is 5.91 Å². The van der Waals surface area contributed by atoms with E-state index in [9.17, 15) is 19.5 Å². The molecule has 7 heteroatoms. The molecule has 0 spiro atoms. The van der Waals surface area contributed by atoms with Crippen LogP contribution >= 0.6 is 0 Å². The number of carboxylic acids is 1. The molecule has 0 saturated carbocycles. The van der Waals surface area contributed by atoms with Gasteiger partial charge in [0.1, 0.15) is 13.2 Å². The Hall–Kier alpha value is -3.35. The van der Waals surface area contributed by atoms with Crippen LogP contribution in [0.3, 0.4) is 0 Å². The number of carbonyl (C=O) groups excluding carboxylic acids is 2. The molecule has 0 fully saturated rings. The molecule has 0 aliphatic heterocycles. The molecule has 182 valence electrons. The third kappa shape index (κ3) is 5.95. The lowest BCUT2D eigenvalue weighted by atomic mass is 9.98. The lowest BCUT2D eigenvalue weighted by Crippen LogP contribution is -2.45. The summed E-state index contributed by atoms with van der Waals surface area (Å²) in [7, 11) is 0. The zero-order valence-corrected chi connectivity index (χ0v) is 20.1. The average Bonchev–Trinajstić information content (AvgIpc) is 3.14. The molecule has 2 unspecified atom stereocenters. The minimum Gasteiger partial charge on any atom is -0.480 e. The minimum absolute atomic E-state index is 0.0374. The van der Waals surface area contributed by atoms with E-state index in [0.717, 1.165) is 28.7 Å². The molecule has 1 aliphatic rings. The van der Waals surface area contributed by atoms with E-state index in [1.54, 1.807) is 0 Å². The monoisotopic (exact) mass is 466 g/mol. The van der Waals surface area contributed by atoms with E-state index in [-0.39, 0.29) is 37.4 Å². The number of aliphatic carboxylic acids is 1. The van der Waals surface area contributed by atoms with Gasteiger partial charge in [0, 0.05) is 24.4 Å². The number of carbonyl (C=O) groups is 3. The van der Waals surface area contributed by atoms with Crippen LogP contribution in [0.25, 0.3) is 11.1 Å². The minimum atomic E-state index is -1.05. The second-order valence-electron chi connectivity index (χ2n) is 8.83. The van der Waals surface area contributed by atoms with Crippen molar-refractivity contribution in [3.63, 3.8) is 0 Å². The zero-order valence-electron chi connectivity index (χ0n) is 20.1. The molecule has 2 N–H and O–H groups in total. The SMILES string of the molecule is CCCC(CC(=O)N(CC(=O)O)C(C)CC)NC(=O)OCC1c2ccccc2-c2ccccc21. The number of hydrogen-bond acceptors (Lipinski definition) is 4. The number of carboxylic acid groups (broad SMARTS) is 1. The van der Waals surface area contributed by atoms with Gasteiger partial charge in [0.05, 0.1) is 0 Å². The van der Waals surface area contributed by atoms with Crippen molar-refractivity contribution in [2.75, 3.05) is 13.2 Å². The number of rotatable bonds is 11. The van der Waals surface area contributed by atoms with Crippen molar-refractivity contribution >= 4 is 18.0 Å². The van der Waals surface area contributed by atoms with Crippen LogP contribution in [0.15, 0.2) is 48.5 Å². The van der Waals surface area contributed by atoms with E-state index in [2.05, 4.69) is 29.6 Å². The van der Waals surface area contributed by atoms with Gasteiger partial charge >= 0.3 is 12.1 Å². The summed E-state index contributed by atoms with van der Waals surface area (Å²) in [6, 6.07) is 15.7. The lowest BCUT2D eigenvalue weighted by Gasteiger charge is -2.29. The molecule has 0 saturated heterocycles. The number of ether oxygens (including phenoxy) is 1. The first-order chi connectivity index (χ1) is 16.3. The Bertz CT molecular complexity index is 976. The molecule has 2 aromatic rings. The summed E-state index contributed by atoms with van der Waals surface area (Å²) in [5, 5.41) is 12.0. The Morgan fingerprint density at radius 1 is 1.03 bits per heavy atom. The molecule has 0 radical (unpaired) electrons. The van der Waals surface area contributed by atoms with Crippen molar-refractivity contribution in [2.24, 2.45) is 0 Å². The first kappa shape index (κ1) is 25.3. The Morgan fingerprint density at radius 2 is 1.62 bits per heavy atom. The predicted molar refractivity (Wildman–Crippen MR) is 131 cm³/mol. The number of alkyl carbamates (subject to hydrolysis) is 1. The molecule has 2 atom stereocenters. The summed E-state index contributed by atoms with van der Waals surface area (Å²) in [6.07, 6.45) is 1.48. The van der Waals surface area contributed by atoms with E-state index in [1.807, 2.05) is 45.0 Å². The molecule has 7 nitrogen and oxygen atoms in total. The Morgan fingerprint density at radius 3 is 2.15 bits per heavy atom. The van der Waals surface area contributed by atoms with Gasteiger partial charge in [-0.3, -0.25) is 9.59 Å². The highest BCUT2D eigenvalue weighted by atomic mass is 16.5. The summed E-state index contributed by atoms with van der Waals surface area (Å²) in [5.74, 6) is -1.37. The largest absolute Gasteiger partial charge is 0.480 e. The summed E-state index contributed by atoms with van der Waals surface area (Å²) >= 11 is 0. The van der Waals surface area contributed by atoms with Crippen LogP contribution in [0.5, 0.6) is 0 Å². The maximum atomic E-state index is 12.9. The fraction of sp³-hybridized carbons (Fsp3) is 0.444. The maximum absolute atomic E-state index is 12.9. The number of hydrogen-bond donors (Lipinski definition) is 2. The van der Waals surface area contributed by atoms with Crippen molar-refractivity contribution in [3.05, 3.63) is 59.7 Å². The van der Waals surface area contributed by atoms with Crippen LogP contribution in [-0.4, -0.2) is 53.2 Å². The first-order valence-electron chi connectivity index (χ1n) is 12.0. The number of nitrogens with zero attached hydrogens (tertiary/aromatic N) is 1. The van der Waals surface area contributed by atoms with Crippen LogP contribution in [0.4, 0.5) is 4.79 Å². The Labute approximate surface area is 201 Å². The second kappa shape index (κ2) is 11.7. The van der Waals surface area contributed by atoms with E-state index in [0.29, 0.717) is 12.8 Å². The van der Waals surface area contributed by atoms with Crippen molar-refractivity contribution in [1.29, 1.82) is 0 Å². The molecule has 0 heterocycles. The maximum Gasteiger partial charge on any atom is 0.407 e. The van der Waals surface area contributed by atoms with E-state index in [4.69, 9.17) is 4.74 Å². The van der Waals surface area contributed by atoms with Gasteiger partial charge < -0.3 is 20.1 Å². The molecular formula is C27H34N2O5. The van der Waals surface area contributed by atoms with Crippen LogP contribution < -0.4 is 5.32 Å². The van der Waals surface area contributed by atoms with Crippen LogP contribution in [0.2, 0.25) is 0 Å². The van der Waals surface area contributed by atoms with Crippen LogP contribution in [0.1, 0.15) is 63.5 Å². The number of nitrogens with one attached hydrogen (secondary N) is 1. The summed E-state index contributed by atoms with van der Waals surface area (Å²) in [4.78, 5) is 38.1. The highest BCUT2D eigenvalue weighted by Crippen LogP contribution is 2.44. The average molecular weight is 467 g/mol. The summed E-state index contributed by atoms with van der Waals surface area (Å²) < 4.78 is 5.62. The van der Waals surface area contributed by atoms with E-state index >= 15 is 0 Å². The molecule has 2 amide bonds. The fourth-order valence-electron chi connectivity index (χ4n) is 4.56. The predicted octanol–water partition coefficient (Wildman–Crippen LogP) is 4.80. The van der Waals surface area contributed by atoms with Gasteiger partial charge in [0.15, 0.2) is 0 Å². The van der Waals surface area contributed by atoms with Crippen molar-refractivity contribution < 1.29 is 24.2 Å². The zero-order chi connectivity index (χ0) is 24.7. The molecule has 0 aromatic heterocycles. The van der Waals surface area contributed by atoms with Gasteiger partial charge in [-0.25, -0.2) is 4.79 Å². The summed E-state index contributed by atoms with van der Waals surface area (Å²) in [6.45, 7) is 5.56. The number of benzene rings is 2. The quantitative estimate of drug-likeness (QED) is 0.496. The fourth-order valence-corrected chi connectivity index (χ4v) is 4.56. The number of amides is 2. The molecule has 1 aliphatic carbocycles. The lowest BCUT2D eigenvalue weighted by molar-refractivity contribution is -0.146. The molecule has 3 rings (SSSR count). The standard InChI is InChI=1S/C27H34N2O5/c1-4-10-19(15-25(30)29(16-26(31)32)18(3)5-2)28-27(33)34-17-24-22-13-8-6-11-20(22)21-12-7-9-14-23(21)24/h6-9,11-14,18-19,24H,4-5,10,15-17H2,1-3H3,(H,28,33)(H,31,32).